The van der Waals surface area contributed by atoms with E-state index in [0.29, 0.717) is 0 Å². The number of nitrogens with one attached hydrogen (secondary N) is 1. The van der Waals surface area contributed by atoms with Crippen molar-refractivity contribution in [3.8, 4) is 0 Å². The molecule has 0 aliphatic carbocycles. The third-order valence-electron chi connectivity index (χ3n) is 13.4. The molecule has 7 nitrogen and oxygen atoms in total. The first kappa shape index (κ1) is 49.2. The van der Waals surface area contributed by atoms with Crippen LogP contribution in [0.15, 0.2) is 182 Å². The van der Waals surface area contributed by atoms with Gasteiger partial charge in [0, 0.05) is 6.92 Å². The van der Waals surface area contributed by atoms with Crippen LogP contribution in [0.3, 0.4) is 0 Å². The van der Waals surface area contributed by atoms with Crippen LogP contribution in [-0.4, -0.2) is 73.2 Å². The highest BCUT2D eigenvalue weighted by Gasteiger charge is 2.60. The molecule has 66 heavy (non-hydrogen) atoms. The number of ether oxygens (including phenoxy) is 1. The highest BCUT2D eigenvalue weighted by molar-refractivity contribution is 7.00. The average Bonchev–Trinajstić information content (AvgIpc) is 3.30. The summed E-state index contributed by atoms with van der Waals surface area (Å²) in [6, 6.07) is 61.7. The first-order valence-corrected chi connectivity index (χ1v) is 29.0. The van der Waals surface area contributed by atoms with Crippen molar-refractivity contribution >= 4 is 62.0 Å². The Bertz CT molecular complexity index is 2340. The van der Waals surface area contributed by atoms with Crippen LogP contribution in [0, 0.1) is 0 Å². The standard InChI is InChI=1S/C56H69NO6Si3/c1-42(58)57-50-51(59)52(62-65(55(5,6)7,45-33-21-13-22-34-45)46-35-23-14-24-36-46)49(41-60-64(54(2,3)4,43-29-17-11-18-30-43)44-31-19-12-20-32-44)61-53(50)63-66(56(8,9)10,47-37-25-15-26-38-47)48-39-27-16-28-40-48/h11-40,49-53,59H,41H2,1-10H3,(H,57,58)/t49-,50-,51-,52-,53+/m1/s1. The smallest absolute Gasteiger partial charge is 0.264 e. The molecule has 1 fully saturated rings. The van der Waals surface area contributed by atoms with Gasteiger partial charge in [-0.1, -0.05) is 244 Å². The molecule has 5 atom stereocenters. The van der Waals surface area contributed by atoms with Crippen molar-refractivity contribution < 1.29 is 27.9 Å². The zero-order chi connectivity index (χ0) is 47.4. The Morgan fingerprint density at radius 3 is 1.08 bits per heavy atom. The number of rotatable bonds is 14. The van der Waals surface area contributed by atoms with E-state index in [1.807, 2.05) is 60.7 Å². The van der Waals surface area contributed by atoms with Crippen LogP contribution in [0.5, 0.6) is 0 Å². The number of amides is 1. The number of hydrogen-bond acceptors (Lipinski definition) is 6. The molecular formula is C56H69NO6Si3. The molecular weight excluding hydrogens is 867 g/mol. The van der Waals surface area contributed by atoms with Crippen molar-refractivity contribution in [1.29, 1.82) is 0 Å². The van der Waals surface area contributed by atoms with Crippen LogP contribution in [0.2, 0.25) is 15.1 Å². The molecule has 1 heterocycles. The predicted molar refractivity (Wildman–Crippen MR) is 277 cm³/mol. The van der Waals surface area contributed by atoms with E-state index in [1.165, 1.54) is 6.92 Å². The van der Waals surface area contributed by atoms with Gasteiger partial charge in [0.05, 0.1) is 6.61 Å². The molecule has 1 aliphatic heterocycles. The molecule has 0 unspecified atom stereocenters. The van der Waals surface area contributed by atoms with E-state index in [0.717, 1.165) is 31.1 Å². The van der Waals surface area contributed by atoms with Crippen LogP contribution in [0.4, 0.5) is 0 Å². The Morgan fingerprint density at radius 1 is 0.500 bits per heavy atom. The maximum Gasteiger partial charge on any atom is 0.264 e. The van der Waals surface area contributed by atoms with Crippen LogP contribution in [0.1, 0.15) is 69.2 Å². The van der Waals surface area contributed by atoms with Crippen LogP contribution in [0.25, 0.3) is 0 Å². The number of hydrogen-bond donors (Lipinski definition) is 2. The largest absolute Gasteiger partial charge is 0.405 e. The summed E-state index contributed by atoms with van der Waals surface area (Å²) in [5.41, 5.74) is 0. The molecule has 0 aromatic heterocycles. The lowest BCUT2D eigenvalue weighted by Gasteiger charge is -2.54. The Hall–Kier alpha value is -4.76. The van der Waals surface area contributed by atoms with Gasteiger partial charge in [0.15, 0.2) is 6.29 Å². The van der Waals surface area contributed by atoms with Gasteiger partial charge in [0.25, 0.3) is 25.0 Å². The van der Waals surface area contributed by atoms with E-state index >= 15 is 0 Å². The fraction of sp³-hybridized carbons (Fsp3) is 0.339. The summed E-state index contributed by atoms with van der Waals surface area (Å²) >= 11 is 0. The zero-order valence-corrected chi connectivity index (χ0v) is 43.4. The molecule has 0 saturated carbocycles. The molecule has 1 amide bonds. The number of carbonyl (C=O) groups is 1. The lowest BCUT2D eigenvalue weighted by atomic mass is 9.97. The van der Waals surface area contributed by atoms with Crippen LogP contribution >= 0.6 is 0 Å². The van der Waals surface area contributed by atoms with Gasteiger partial charge in [-0.3, -0.25) is 4.79 Å². The molecule has 10 heteroatoms. The molecule has 0 bridgehead atoms. The Labute approximate surface area is 396 Å². The van der Waals surface area contributed by atoms with E-state index in [-0.39, 0.29) is 17.6 Å². The third-order valence-corrected chi connectivity index (χ3v) is 28.4. The summed E-state index contributed by atoms with van der Waals surface area (Å²) < 4.78 is 31.0. The second kappa shape index (κ2) is 19.8. The van der Waals surface area contributed by atoms with E-state index in [4.69, 9.17) is 18.0 Å². The second-order valence-electron chi connectivity index (χ2n) is 20.8. The highest BCUT2D eigenvalue weighted by Crippen LogP contribution is 2.43. The third kappa shape index (κ3) is 9.40. The van der Waals surface area contributed by atoms with Crippen LogP contribution in [-0.2, 0) is 22.8 Å². The lowest BCUT2D eigenvalue weighted by molar-refractivity contribution is -0.242. The van der Waals surface area contributed by atoms with Crippen molar-refractivity contribution in [2.75, 3.05) is 6.61 Å². The quantitative estimate of drug-likeness (QED) is 0.109. The number of benzene rings is 6. The second-order valence-corrected chi connectivity index (χ2v) is 33.6. The molecule has 346 valence electrons. The number of aliphatic hydroxyl groups is 1. The van der Waals surface area contributed by atoms with Gasteiger partial charge in [-0.2, -0.15) is 0 Å². The van der Waals surface area contributed by atoms with E-state index in [9.17, 15) is 9.90 Å². The SMILES string of the molecule is CC(=O)N[C@H]1[C@H](O[Si](c2ccccc2)(c2ccccc2)C(C)(C)C)O[C@H](CO[Si](c2ccccc2)(c2ccccc2)C(C)(C)C)[C@@H](O[Si](c2ccccc2)(c2ccccc2)C(C)(C)C)[C@@H]1O. The molecule has 1 aliphatic rings. The van der Waals surface area contributed by atoms with Gasteiger partial charge >= 0.3 is 0 Å². The predicted octanol–water partition coefficient (Wildman–Crippen LogP) is 7.68. The first-order chi connectivity index (χ1) is 31.4. The van der Waals surface area contributed by atoms with Gasteiger partial charge in [-0.25, -0.2) is 0 Å². The number of aliphatic hydroxyl groups excluding tert-OH is 1. The summed E-state index contributed by atoms with van der Waals surface area (Å²) in [6.07, 6.45) is -4.25. The first-order valence-electron chi connectivity index (χ1n) is 23.3. The molecule has 2 N–H and O–H groups in total. The maximum absolute atomic E-state index is 13.5. The maximum atomic E-state index is 13.5. The molecule has 6 aromatic carbocycles. The number of carbonyl (C=O) groups excluding carboxylic acids is 1. The molecule has 6 aromatic rings. The fourth-order valence-corrected chi connectivity index (χ4v) is 24.3. The van der Waals surface area contributed by atoms with Gasteiger partial charge in [0.1, 0.15) is 24.4 Å². The Morgan fingerprint density at radius 2 is 0.788 bits per heavy atom. The van der Waals surface area contributed by atoms with E-state index in [1.54, 1.807) is 0 Å². The Balaban J connectivity index is 1.46. The van der Waals surface area contributed by atoms with Crippen molar-refractivity contribution in [2.45, 2.75) is 115 Å². The van der Waals surface area contributed by atoms with Gasteiger partial charge in [-0.15, -0.1) is 0 Å². The summed E-state index contributed by atoms with van der Waals surface area (Å²) in [6.45, 7) is 21.6. The summed E-state index contributed by atoms with van der Waals surface area (Å²) in [5.74, 6) is -0.315. The van der Waals surface area contributed by atoms with Crippen molar-refractivity contribution in [3.63, 3.8) is 0 Å². The minimum atomic E-state index is -3.36. The zero-order valence-electron chi connectivity index (χ0n) is 40.4. The minimum absolute atomic E-state index is 0.0700. The molecule has 7 rings (SSSR count). The van der Waals surface area contributed by atoms with Gasteiger partial charge < -0.3 is 28.4 Å². The minimum Gasteiger partial charge on any atom is -0.405 e. The highest BCUT2D eigenvalue weighted by atomic mass is 28.4. The van der Waals surface area contributed by atoms with Crippen molar-refractivity contribution in [2.24, 2.45) is 0 Å². The Kier molecular flexibility index (Phi) is 14.8. The lowest BCUT2D eigenvalue weighted by Crippen LogP contribution is -2.76. The van der Waals surface area contributed by atoms with Crippen LogP contribution < -0.4 is 36.4 Å². The summed E-state index contributed by atoms with van der Waals surface area (Å²) in [4.78, 5) is 13.5. The van der Waals surface area contributed by atoms with Crippen molar-refractivity contribution in [3.05, 3.63) is 182 Å². The summed E-state index contributed by atoms with van der Waals surface area (Å²) in [7, 11) is -9.86. The molecule has 0 radical (unpaired) electrons. The van der Waals surface area contributed by atoms with E-state index < -0.39 is 65.7 Å². The topological polar surface area (TPSA) is 86.3 Å². The summed E-state index contributed by atoms with van der Waals surface area (Å²) in [5, 5.41) is 21.8. The fourth-order valence-electron chi connectivity index (χ4n) is 10.4. The monoisotopic (exact) mass is 935 g/mol. The average molecular weight is 936 g/mol. The van der Waals surface area contributed by atoms with Gasteiger partial charge in [-0.05, 0) is 46.2 Å². The molecule has 0 spiro atoms. The normalized spacial score (nSPS) is 19.8. The van der Waals surface area contributed by atoms with Crippen molar-refractivity contribution in [1.82, 2.24) is 5.32 Å². The van der Waals surface area contributed by atoms with Gasteiger partial charge in [0.2, 0.25) is 5.91 Å². The molecule has 1 saturated heterocycles. The van der Waals surface area contributed by atoms with E-state index in [2.05, 4.69) is 189 Å².